The van der Waals surface area contributed by atoms with Crippen LogP contribution in [-0.4, -0.2) is 19.7 Å². The quantitative estimate of drug-likeness (QED) is 0.801. The van der Waals surface area contributed by atoms with Gasteiger partial charge in [0.15, 0.2) is 5.82 Å². The minimum absolute atomic E-state index is 0.239. The second kappa shape index (κ2) is 5.47. The Morgan fingerprint density at radius 2 is 2.14 bits per heavy atom. The van der Waals surface area contributed by atoms with Gasteiger partial charge in [-0.3, -0.25) is 4.68 Å². The number of hydrogen-bond acceptors (Lipinski definition) is 4. The first-order valence-corrected chi connectivity index (χ1v) is 6.85. The summed E-state index contributed by atoms with van der Waals surface area (Å²) in [6.07, 6.45) is 1.52. The molecule has 0 amide bonds. The molecular weight excluding hydrogens is 269 g/mol. The summed E-state index contributed by atoms with van der Waals surface area (Å²) < 4.78 is 15.1. The number of fused-ring (bicyclic) bond motifs is 1. The average Bonchev–Trinajstić information content (AvgIpc) is 2.82. The standard InChI is InChI=1S/C15H16FN5/c1-3-21-14-13(10(2)20-21)18-9-19-15(14)17-8-11-5-4-6-12(16)7-11/h4-7,9H,3,8H2,1-2H3,(H,17,18,19). The van der Waals surface area contributed by atoms with E-state index in [0.717, 1.165) is 28.8 Å². The van der Waals surface area contributed by atoms with Crippen LogP contribution in [0.4, 0.5) is 10.2 Å². The maximum absolute atomic E-state index is 13.2. The number of benzene rings is 1. The molecule has 6 heteroatoms. The molecular formula is C15H16FN5. The van der Waals surface area contributed by atoms with Gasteiger partial charge in [0.1, 0.15) is 23.2 Å². The zero-order chi connectivity index (χ0) is 14.8. The van der Waals surface area contributed by atoms with E-state index in [0.29, 0.717) is 12.4 Å². The molecule has 0 unspecified atom stereocenters. The topological polar surface area (TPSA) is 55.6 Å². The third-order valence-electron chi connectivity index (χ3n) is 3.34. The first-order chi connectivity index (χ1) is 10.2. The van der Waals surface area contributed by atoms with Crippen LogP contribution in [0.1, 0.15) is 18.2 Å². The van der Waals surface area contributed by atoms with E-state index in [-0.39, 0.29) is 5.82 Å². The van der Waals surface area contributed by atoms with Crippen LogP contribution >= 0.6 is 0 Å². The lowest BCUT2D eigenvalue weighted by atomic mass is 10.2. The highest BCUT2D eigenvalue weighted by Gasteiger charge is 2.12. The molecule has 0 saturated heterocycles. The summed E-state index contributed by atoms with van der Waals surface area (Å²) in [5.74, 6) is 0.475. The molecule has 0 saturated carbocycles. The second-order valence-corrected chi connectivity index (χ2v) is 4.80. The summed E-state index contributed by atoms with van der Waals surface area (Å²) in [4.78, 5) is 8.57. The molecule has 0 spiro atoms. The monoisotopic (exact) mass is 285 g/mol. The SMILES string of the molecule is CCn1nc(C)c2ncnc(NCc3cccc(F)c3)c21. The Morgan fingerprint density at radius 1 is 1.29 bits per heavy atom. The average molecular weight is 285 g/mol. The minimum Gasteiger partial charge on any atom is -0.364 e. The molecule has 2 heterocycles. The zero-order valence-corrected chi connectivity index (χ0v) is 12.0. The number of rotatable bonds is 4. The van der Waals surface area contributed by atoms with Gasteiger partial charge < -0.3 is 5.32 Å². The second-order valence-electron chi connectivity index (χ2n) is 4.80. The van der Waals surface area contributed by atoms with Crippen molar-refractivity contribution in [3.63, 3.8) is 0 Å². The number of nitrogens with one attached hydrogen (secondary N) is 1. The Morgan fingerprint density at radius 3 is 2.90 bits per heavy atom. The van der Waals surface area contributed by atoms with Crippen LogP contribution in [-0.2, 0) is 13.1 Å². The fourth-order valence-electron chi connectivity index (χ4n) is 2.36. The predicted octanol–water partition coefficient (Wildman–Crippen LogP) is 2.91. The first-order valence-electron chi connectivity index (χ1n) is 6.85. The molecule has 108 valence electrons. The number of aryl methyl sites for hydroxylation is 2. The van der Waals surface area contributed by atoms with Crippen LogP contribution < -0.4 is 5.32 Å². The smallest absolute Gasteiger partial charge is 0.155 e. The molecule has 1 N–H and O–H groups in total. The Labute approximate surface area is 121 Å². The van der Waals surface area contributed by atoms with Crippen molar-refractivity contribution in [2.45, 2.75) is 26.9 Å². The lowest BCUT2D eigenvalue weighted by molar-refractivity contribution is 0.626. The Kier molecular flexibility index (Phi) is 3.51. The van der Waals surface area contributed by atoms with Gasteiger partial charge in [-0.2, -0.15) is 5.10 Å². The molecule has 0 fully saturated rings. The number of nitrogens with zero attached hydrogens (tertiary/aromatic N) is 4. The molecule has 5 nitrogen and oxygen atoms in total. The summed E-state index contributed by atoms with van der Waals surface area (Å²) in [5.41, 5.74) is 3.46. The highest BCUT2D eigenvalue weighted by molar-refractivity contribution is 5.87. The van der Waals surface area contributed by atoms with Gasteiger partial charge >= 0.3 is 0 Å². The molecule has 0 aliphatic carbocycles. The number of hydrogen-bond donors (Lipinski definition) is 1. The van der Waals surface area contributed by atoms with Crippen molar-refractivity contribution < 1.29 is 4.39 Å². The van der Waals surface area contributed by atoms with Crippen LogP contribution in [0, 0.1) is 12.7 Å². The van der Waals surface area contributed by atoms with Crippen molar-refractivity contribution in [1.82, 2.24) is 19.7 Å². The molecule has 3 rings (SSSR count). The number of anilines is 1. The van der Waals surface area contributed by atoms with Crippen LogP contribution in [0.3, 0.4) is 0 Å². The van der Waals surface area contributed by atoms with E-state index < -0.39 is 0 Å². The fraction of sp³-hybridized carbons (Fsp3) is 0.267. The van der Waals surface area contributed by atoms with Gasteiger partial charge in [0.05, 0.1) is 5.69 Å². The van der Waals surface area contributed by atoms with Gasteiger partial charge in [-0.25, -0.2) is 14.4 Å². The molecule has 2 aromatic heterocycles. The molecule has 3 aromatic rings. The lowest BCUT2D eigenvalue weighted by Crippen LogP contribution is -2.05. The van der Waals surface area contributed by atoms with Crippen molar-refractivity contribution in [2.75, 3.05) is 5.32 Å². The Bertz CT molecular complexity index is 781. The third-order valence-corrected chi connectivity index (χ3v) is 3.34. The largest absolute Gasteiger partial charge is 0.364 e. The molecule has 0 bridgehead atoms. The van der Waals surface area contributed by atoms with Crippen LogP contribution in [0.2, 0.25) is 0 Å². The first kappa shape index (κ1) is 13.5. The fourth-order valence-corrected chi connectivity index (χ4v) is 2.36. The van der Waals surface area contributed by atoms with Crippen molar-refractivity contribution >= 4 is 16.9 Å². The van der Waals surface area contributed by atoms with E-state index in [1.807, 2.05) is 24.6 Å². The molecule has 0 radical (unpaired) electrons. The van der Waals surface area contributed by atoms with Crippen molar-refractivity contribution in [2.24, 2.45) is 0 Å². The van der Waals surface area contributed by atoms with Crippen LogP contribution in [0.15, 0.2) is 30.6 Å². The van der Waals surface area contributed by atoms with Gasteiger partial charge in [-0.05, 0) is 31.5 Å². The molecule has 0 atom stereocenters. The number of halogens is 1. The van der Waals surface area contributed by atoms with Crippen molar-refractivity contribution in [3.05, 3.63) is 47.7 Å². The van der Waals surface area contributed by atoms with E-state index in [4.69, 9.17) is 0 Å². The summed E-state index contributed by atoms with van der Waals surface area (Å²) in [6, 6.07) is 6.51. The van der Waals surface area contributed by atoms with Crippen molar-refractivity contribution in [3.8, 4) is 0 Å². The van der Waals surface area contributed by atoms with E-state index in [1.165, 1.54) is 18.5 Å². The van der Waals surface area contributed by atoms with Crippen LogP contribution in [0.5, 0.6) is 0 Å². The Hall–Kier alpha value is -2.50. The van der Waals surface area contributed by atoms with Gasteiger partial charge in [0.25, 0.3) is 0 Å². The Balaban J connectivity index is 1.93. The summed E-state index contributed by atoms with van der Waals surface area (Å²) in [6.45, 7) is 5.19. The van der Waals surface area contributed by atoms with Gasteiger partial charge in [0.2, 0.25) is 0 Å². The summed E-state index contributed by atoms with van der Waals surface area (Å²) >= 11 is 0. The van der Waals surface area contributed by atoms with Gasteiger partial charge in [0, 0.05) is 13.1 Å². The van der Waals surface area contributed by atoms with E-state index in [9.17, 15) is 4.39 Å². The molecule has 0 aliphatic rings. The highest BCUT2D eigenvalue weighted by Crippen LogP contribution is 2.22. The molecule has 0 aliphatic heterocycles. The maximum atomic E-state index is 13.2. The highest BCUT2D eigenvalue weighted by atomic mass is 19.1. The van der Waals surface area contributed by atoms with Gasteiger partial charge in [-0.15, -0.1) is 0 Å². The van der Waals surface area contributed by atoms with E-state index in [1.54, 1.807) is 6.07 Å². The van der Waals surface area contributed by atoms with Crippen LogP contribution in [0.25, 0.3) is 11.0 Å². The zero-order valence-electron chi connectivity index (χ0n) is 12.0. The molecule has 21 heavy (non-hydrogen) atoms. The minimum atomic E-state index is -0.239. The normalized spacial score (nSPS) is 11.0. The third kappa shape index (κ3) is 2.56. The van der Waals surface area contributed by atoms with E-state index >= 15 is 0 Å². The van der Waals surface area contributed by atoms with Crippen molar-refractivity contribution in [1.29, 1.82) is 0 Å². The molecule has 1 aromatic carbocycles. The summed E-state index contributed by atoms with van der Waals surface area (Å²) in [5, 5.41) is 7.69. The summed E-state index contributed by atoms with van der Waals surface area (Å²) in [7, 11) is 0. The maximum Gasteiger partial charge on any atom is 0.155 e. The van der Waals surface area contributed by atoms with Gasteiger partial charge in [-0.1, -0.05) is 12.1 Å². The van der Waals surface area contributed by atoms with E-state index in [2.05, 4.69) is 20.4 Å². The lowest BCUT2D eigenvalue weighted by Gasteiger charge is -2.08. The number of aromatic nitrogens is 4. The predicted molar refractivity (Wildman–Crippen MR) is 79.5 cm³/mol.